The Morgan fingerprint density at radius 2 is 1.54 bits per heavy atom. The molecular formula is C27H38N3O5+. The van der Waals surface area contributed by atoms with E-state index < -0.39 is 29.7 Å². The quantitative estimate of drug-likeness (QED) is 0.368. The molecule has 0 spiro atoms. The third-order valence-electron chi connectivity index (χ3n) is 5.67. The smallest absolute Gasteiger partial charge is 0.445 e. The summed E-state index contributed by atoms with van der Waals surface area (Å²) in [5, 5.41) is 2.69. The van der Waals surface area contributed by atoms with E-state index in [1.54, 1.807) is 27.8 Å². The zero-order valence-corrected chi connectivity index (χ0v) is 21.2. The van der Waals surface area contributed by atoms with Crippen molar-refractivity contribution in [1.29, 1.82) is 0 Å². The van der Waals surface area contributed by atoms with Crippen LogP contribution in [0.5, 0.6) is 0 Å². The van der Waals surface area contributed by atoms with Crippen molar-refractivity contribution in [1.82, 2.24) is 5.32 Å². The summed E-state index contributed by atoms with van der Waals surface area (Å²) in [6.45, 7) is 6.16. The molecule has 3 amide bonds. The fourth-order valence-electron chi connectivity index (χ4n) is 3.71. The van der Waals surface area contributed by atoms with Crippen LogP contribution in [0.25, 0.3) is 0 Å². The molecule has 8 nitrogen and oxygen atoms in total. The summed E-state index contributed by atoms with van der Waals surface area (Å²) in [6, 6.07) is 18.3. The van der Waals surface area contributed by atoms with Gasteiger partial charge in [0.25, 0.3) is 5.91 Å². The molecule has 0 unspecified atom stereocenters. The number of likely N-dealkylation sites (N-methyl/N-ethyl adjacent to an activating group) is 1. The summed E-state index contributed by atoms with van der Waals surface area (Å²) in [6.07, 6.45) is 0.268. The van der Waals surface area contributed by atoms with Gasteiger partial charge in [-0.05, 0) is 38.3 Å². The van der Waals surface area contributed by atoms with E-state index >= 15 is 0 Å². The van der Waals surface area contributed by atoms with E-state index in [1.807, 2.05) is 60.7 Å². The molecule has 0 saturated carbocycles. The van der Waals surface area contributed by atoms with Gasteiger partial charge in [-0.2, -0.15) is 4.79 Å². The predicted octanol–water partition coefficient (Wildman–Crippen LogP) is 4.17. The number of amides is 3. The van der Waals surface area contributed by atoms with Gasteiger partial charge in [-0.3, -0.25) is 4.79 Å². The highest BCUT2D eigenvalue weighted by Gasteiger charge is 2.46. The van der Waals surface area contributed by atoms with Crippen LogP contribution in [0.1, 0.15) is 44.7 Å². The monoisotopic (exact) mass is 484 g/mol. The topological polar surface area (TPSA) is 108 Å². The van der Waals surface area contributed by atoms with Crippen LogP contribution >= 0.6 is 0 Å². The van der Waals surface area contributed by atoms with Crippen LogP contribution in [0.15, 0.2) is 60.7 Å². The van der Waals surface area contributed by atoms with Crippen LogP contribution < -0.4 is 11.1 Å². The molecule has 35 heavy (non-hydrogen) atoms. The van der Waals surface area contributed by atoms with Crippen molar-refractivity contribution in [3.8, 4) is 0 Å². The highest BCUT2D eigenvalue weighted by atomic mass is 16.6. The standard InChI is InChI=1S/C27H37N3O5/c1-27(2,3)35-26(33)30(4,19-17-21-12-7-5-8-13-21)23(24(28)31)16-11-18-29-25(32)34-20-22-14-9-6-10-15-22/h5-10,12-15,23H,11,16-20H2,1-4H3,(H2-,28,29,31,32)/p+1/t23-,30-/m1/s1. The van der Waals surface area contributed by atoms with Crippen molar-refractivity contribution >= 4 is 18.1 Å². The third kappa shape index (κ3) is 9.41. The minimum atomic E-state index is -0.810. The van der Waals surface area contributed by atoms with Crippen molar-refractivity contribution in [3.05, 3.63) is 71.8 Å². The zero-order chi connectivity index (χ0) is 25.9. The number of hydrogen-bond acceptors (Lipinski definition) is 5. The molecule has 0 aliphatic carbocycles. The second kappa shape index (κ2) is 12.9. The number of ether oxygens (including phenoxy) is 2. The lowest BCUT2D eigenvalue weighted by Crippen LogP contribution is -2.63. The molecule has 2 rings (SSSR count). The van der Waals surface area contributed by atoms with Crippen molar-refractivity contribution in [2.75, 3.05) is 20.1 Å². The second-order valence-electron chi connectivity index (χ2n) is 9.76. The number of rotatable bonds is 11. The van der Waals surface area contributed by atoms with Crippen molar-refractivity contribution in [2.45, 2.75) is 58.3 Å². The number of quaternary nitrogens is 1. The van der Waals surface area contributed by atoms with Gasteiger partial charge in [0.05, 0.1) is 13.6 Å². The molecule has 0 radical (unpaired) electrons. The molecule has 0 saturated heterocycles. The summed E-state index contributed by atoms with van der Waals surface area (Å²) in [5.74, 6) is -0.585. The number of benzene rings is 2. The van der Waals surface area contributed by atoms with Crippen molar-refractivity contribution < 1.29 is 28.3 Å². The Morgan fingerprint density at radius 1 is 0.971 bits per heavy atom. The molecule has 190 valence electrons. The number of nitrogens with zero attached hydrogens (tertiary/aromatic N) is 1. The van der Waals surface area contributed by atoms with Gasteiger partial charge < -0.3 is 20.5 Å². The van der Waals surface area contributed by atoms with Gasteiger partial charge in [-0.1, -0.05) is 60.7 Å². The summed E-state index contributed by atoms with van der Waals surface area (Å²) >= 11 is 0. The van der Waals surface area contributed by atoms with Crippen molar-refractivity contribution in [3.63, 3.8) is 0 Å². The first-order valence-corrected chi connectivity index (χ1v) is 11.9. The number of primary amides is 1. The maximum atomic E-state index is 13.3. The number of nitrogens with one attached hydrogen (secondary N) is 1. The van der Waals surface area contributed by atoms with Crippen LogP contribution in [-0.2, 0) is 27.3 Å². The Labute approximate surface area is 208 Å². The van der Waals surface area contributed by atoms with E-state index in [2.05, 4.69) is 5.32 Å². The molecule has 3 N–H and O–H groups in total. The summed E-state index contributed by atoms with van der Waals surface area (Å²) in [5.41, 5.74) is 7.00. The molecule has 2 aromatic rings. The largest absolute Gasteiger partial charge is 0.516 e. The Hall–Kier alpha value is -3.39. The Bertz CT molecular complexity index is 960. The maximum Gasteiger partial charge on any atom is 0.516 e. The third-order valence-corrected chi connectivity index (χ3v) is 5.67. The van der Waals surface area contributed by atoms with Crippen LogP contribution in [0.3, 0.4) is 0 Å². The zero-order valence-electron chi connectivity index (χ0n) is 21.2. The first-order chi connectivity index (χ1) is 16.5. The summed E-state index contributed by atoms with van der Waals surface area (Å²) < 4.78 is 10.6. The van der Waals surface area contributed by atoms with E-state index in [1.165, 1.54) is 0 Å². The number of nitrogens with two attached hydrogens (primary N) is 1. The molecule has 0 aliphatic heterocycles. The van der Waals surface area contributed by atoms with E-state index in [-0.39, 0.29) is 17.6 Å². The average Bonchev–Trinajstić information content (AvgIpc) is 2.81. The van der Waals surface area contributed by atoms with Gasteiger partial charge in [0.15, 0.2) is 6.04 Å². The SMILES string of the molecule is CC(C)(C)OC(=O)[N@+](C)(CCc1ccccc1)[C@H](CCCNC(=O)OCc1ccccc1)C(N)=O. The van der Waals surface area contributed by atoms with E-state index in [4.69, 9.17) is 15.2 Å². The van der Waals surface area contributed by atoms with Crippen LogP contribution in [0, 0.1) is 0 Å². The maximum absolute atomic E-state index is 13.3. The van der Waals surface area contributed by atoms with E-state index in [0.717, 1.165) is 11.1 Å². The molecule has 0 heterocycles. The average molecular weight is 485 g/mol. The number of alkyl carbamates (subject to hydrolysis) is 1. The fourth-order valence-corrected chi connectivity index (χ4v) is 3.71. The first-order valence-electron chi connectivity index (χ1n) is 11.9. The molecule has 0 aromatic heterocycles. The lowest BCUT2D eigenvalue weighted by Gasteiger charge is -2.38. The molecule has 2 atom stereocenters. The van der Waals surface area contributed by atoms with Crippen LogP contribution in [0.2, 0.25) is 0 Å². The first kappa shape index (κ1) is 27.9. The number of carbonyl (C=O) groups excluding carboxylic acids is 3. The highest BCUT2D eigenvalue weighted by Crippen LogP contribution is 2.22. The van der Waals surface area contributed by atoms with Gasteiger partial charge >= 0.3 is 12.2 Å². The highest BCUT2D eigenvalue weighted by molar-refractivity contribution is 5.80. The van der Waals surface area contributed by atoms with Gasteiger partial charge in [-0.25, -0.2) is 9.28 Å². The van der Waals surface area contributed by atoms with Gasteiger partial charge in [0, 0.05) is 19.4 Å². The predicted molar refractivity (Wildman–Crippen MR) is 134 cm³/mol. The lowest BCUT2D eigenvalue weighted by molar-refractivity contribution is -0.855. The minimum absolute atomic E-state index is 0.170. The van der Waals surface area contributed by atoms with Gasteiger partial charge in [0.1, 0.15) is 12.2 Å². The fraction of sp³-hybridized carbons (Fsp3) is 0.444. The molecular weight excluding hydrogens is 446 g/mol. The summed E-state index contributed by atoms with van der Waals surface area (Å²) in [4.78, 5) is 37.8. The van der Waals surface area contributed by atoms with E-state index in [0.29, 0.717) is 25.8 Å². The van der Waals surface area contributed by atoms with Crippen molar-refractivity contribution in [2.24, 2.45) is 5.73 Å². The number of carbonyl (C=O) groups is 3. The van der Waals surface area contributed by atoms with Gasteiger partial charge in [0.2, 0.25) is 0 Å². The molecule has 2 aromatic carbocycles. The van der Waals surface area contributed by atoms with E-state index in [9.17, 15) is 14.4 Å². The van der Waals surface area contributed by atoms with Crippen LogP contribution in [0.4, 0.5) is 9.59 Å². The number of hydrogen-bond donors (Lipinski definition) is 2. The van der Waals surface area contributed by atoms with Crippen LogP contribution in [-0.4, -0.2) is 54.4 Å². The molecule has 0 bridgehead atoms. The second-order valence-corrected chi connectivity index (χ2v) is 9.76. The summed E-state index contributed by atoms with van der Waals surface area (Å²) in [7, 11) is 1.69. The molecule has 8 heteroatoms. The van der Waals surface area contributed by atoms with Gasteiger partial charge in [-0.15, -0.1) is 0 Å². The minimum Gasteiger partial charge on any atom is -0.445 e. The Morgan fingerprint density at radius 3 is 2.09 bits per heavy atom. The lowest BCUT2D eigenvalue weighted by atomic mass is 10.0. The molecule has 0 aliphatic rings. The Balaban J connectivity index is 2.00. The normalized spacial score (nSPS) is 13.8. The Kier molecular flexibility index (Phi) is 10.3. The molecule has 0 fully saturated rings.